The van der Waals surface area contributed by atoms with E-state index in [0.29, 0.717) is 0 Å². The molecule has 0 atom stereocenters. The second-order valence-electron chi connectivity index (χ2n) is 7.95. The van der Waals surface area contributed by atoms with E-state index in [-0.39, 0.29) is 4.13 Å². The van der Waals surface area contributed by atoms with Gasteiger partial charge in [0.1, 0.15) is 0 Å². The Morgan fingerprint density at radius 2 is 0.853 bits per heavy atom. The van der Waals surface area contributed by atoms with Crippen molar-refractivity contribution in [1.29, 1.82) is 0 Å². The van der Waals surface area contributed by atoms with Gasteiger partial charge < -0.3 is 14.7 Å². The molecular formula is C15H31ClCuF6N5O4S2. The molecule has 1 aliphatic heterocycles. The average Bonchev–Trinajstić information content (AvgIpc) is 2.66. The molecule has 0 aromatic carbocycles. The van der Waals surface area contributed by atoms with E-state index in [2.05, 4.69) is 87.1 Å². The first-order valence-corrected chi connectivity index (χ1v) is 13.6. The monoisotopic (exact) mass is 621 g/mol. The number of rotatable bonds is 9. The molecule has 212 valence electrons. The summed E-state index contributed by atoms with van der Waals surface area (Å²) in [6, 6.07) is 0. The van der Waals surface area contributed by atoms with Crippen LogP contribution in [0.2, 0.25) is 0 Å². The van der Waals surface area contributed by atoms with E-state index >= 15 is 0 Å². The Morgan fingerprint density at radius 3 is 1.06 bits per heavy atom. The van der Waals surface area contributed by atoms with Gasteiger partial charge in [0.05, 0.1) is 0 Å². The van der Waals surface area contributed by atoms with Gasteiger partial charge in [0.2, 0.25) is 0 Å². The van der Waals surface area contributed by atoms with E-state index in [1.54, 1.807) is 0 Å². The molecule has 0 aromatic rings. The molecule has 0 unspecified atom stereocenters. The third-order valence-corrected chi connectivity index (χ3v) is 7.83. The van der Waals surface area contributed by atoms with Gasteiger partial charge >= 0.3 is 41.6 Å². The molecule has 1 fully saturated rings. The summed E-state index contributed by atoms with van der Waals surface area (Å²) in [5, 5.41) is -12.5. The Bertz CT molecular complexity index is 746. The second-order valence-corrected chi connectivity index (χ2v) is 11.7. The van der Waals surface area contributed by atoms with Crippen molar-refractivity contribution in [2.75, 3.05) is 81.6 Å². The summed E-state index contributed by atoms with van der Waals surface area (Å²) < 4.78 is 116. The van der Waals surface area contributed by atoms with Crippen LogP contribution in [0.4, 0.5) is 26.3 Å². The Kier molecular flexibility index (Phi) is 15.1. The zero-order valence-corrected chi connectivity index (χ0v) is 22.8. The Hall–Kier alpha value is 0.0895. The van der Waals surface area contributed by atoms with Crippen molar-refractivity contribution < 1.29 is 58.3 Å². The standard InChI is InChI=1S/C12H30N4.C3HF6NO4S2.ClH.Cu/c1-13(2)7-10-16(11-8-14(3)4)12-9-15(5)6;4-1(5)2(6,7)15(11,12)10-16(13,14)3(1,8)9;;/h7-12H2,1-6H3;10H;1H;/q;;;+1/p-1. The van der Waals surface area contributed by atoms with Gasteiger partial charge in [-0.1, -0.05) is 4.13 Å². The molecule has 9 nitrogen and oxygen atoms in total. The van der Waals surface area contributed by atoms with Crippen molar-refractivity contribution in [3.05, 3.63) is 0 Å². The Balaban J connectivity index is 0. The SMILES string of the molecule is CN(C)CCN(CCN(C)C)CCN(C)C.O=S1(=O)NS(=O)(=O)C(F)(F)C(F)(F)C1(F)F.[Cl][Cu]. The number of hydrogen-bond acceptors (Lipinski definition) is 8. The quantitative estimate of drug-likeness (QED) is 0.298. The van der Waals surface area contributed by atoms with E-state index in [1.165, 1.54) is 0 Å². The molecule has 0 saturated carbocycles. The van der Waals surface area contributed by atoms with Crippen LogP contribution >= 0.6 is 10.1 Å². The Morgan fingerprint density at radius 1 is 0.618 bits per heavy atom. The van der Waals surface area contributed by atoms with E-state index in [9.17, 15) is 43.2 Å². The van der Waals surface area contributed by atoms with Crippen LogP contribution in [0.15, 0.2) is 0 Å². The van der Waals surface area contributed by atoms with Crippen LogP contribution in [-0.2, 0) is 35.1 Å². The molecule has 0 radical (unpaired) electrons. The number of sulfonamides is 2. The predicted molar refractivity (Wildman–Crippen MR) is 114 cm³/mol. The number of hydrogen-bond donors (Lipinski definition) is 1. The third-order valence-electron chi connectivity index (χ3n) is 4.22. The molecule has 1 aliphatic rings. The van der Waals surface area contributed by atoms with Gasteiger partial charge in [-0.3, -0.25) is 4.90 Å². The van der Waals surface area contributed by atoms with Gasteiger partial charge in [-0.15, -0.1) is 0 Å². The van der Waals surface area contributed by atoms with Crippen LogP contribution in [0.3, 0.4) is 0 Å². The predicted octanol–water partition coefficient (Wildman–Crippen LogP) is 0.730. The zero-order valence-electron chi connectivity index (χ0n) is 19.4. The number of nitrogens with zero attached hydrogens (tertiary/aromatic N) is 4. The van der Waals surface area contributed by atoms with Crippen molar-refractivity contribution in [1.82, 2.24) is 23.7 Å². The van der Waals surface area contributed by atoms with Gasteiger partial charge in [0, 0.05) is 39.3 Å². The van der Waals surface area contributed by atoms with Crippen LogP contribution in [0, 0.1) is 0 Å². The third kappa shape index (κ3) is 9.52. The number of halogens is 7. The molecule has 34 heavy (non-hydrogen) atoms. The van der Waals surface area contributed by atoms with Crippen LogP contribution in [0.1, 0.15) is 0 Å². The molecular weight excluding hydrogens is 591 g/mol. The number of alkyl halides is 6. The summed E-state index contributed by atoms with van der Waals surface area (Å²) in [6.07, 6.45) is 0. The summed E-state index contributed by atoms with van der Waals surface area (Å²) in [7, 11) is 4.11. The summed E-state index contributed by atoms with van der Waals surface area (Å²) in [4.78, 5) is 9.29. The molecule has 0 amide bonds. The van der Waals surface area contributed by atoms with Crippen molar-refractivity contribution in [3.63, 3.8) is 0 Å². The van der Waals surface area contributed by atoms with Crippen LogP contribution < -0.4 is 4.13 Å². The van der Waals surface area contributed by atoms with E-state index in [4.69, 9.17) is 0 Å². The van der Waals surface area contributed by atoms with Gasteiger partial charge in [-0.2, -0.15) is 26.3 Å². The first-order valence-electron chi connectivity index (χ1n) is 9.31. The average molecular weight is 623 g/mol. The summed E-state index contributed by atoms with van der Waals surface area (Å²) in [5.41, 5.74) is 0. The first kappa shape index (κ1) is 36.2. The molecule has 1 heterocycles. The van der Waals surface area contributed by atoms with Crippen LogP contribution in [0.5, 0.6) is 0 Å². The maximum absolute atomic E-state index is 12.5. The van der Waals surface area contributed by atoms with Crippen molar-refractivity contribution >= 4 is 30.1 Å². The second kappa shape index (κ2) is 14.1. The summed E-state index contributed by atoms with van der Waals surface area (Å²) >= 11 is 3.66. The molecule has 1 saturated heterocycles. The normalized spacial score (nSPS) is 21.6. The molecule has 0 bridgehead atoms. The molecule has 1 N–H and O–H groups in total. The van der Waals surface area contributed by atoms with E-state index in [0.717, 1.165) is 39.3 Å². The van der Waals surface area contributed by atoms with Gasteiger partial charge in [0.25, 0.3) is 20.0 Å². The van der Waals surface area contributed by atoms with Crippen molar-refractivity contribution in [2.24, 2.45) is 0 Å². The Labute approximate surface area is 209 Å². The van der Waals surface area contributed by atoms with Crippen molar-refractivity contribution in [3.8, 4) is 0 Å². The summed E-state index contributed by atoms with van der Waals surface area (Å²) in [5.74, 6) is -6.57. The maximum atomic E-state index is 12.5. The minimum absolute atomic E-state index is 0.167. The molecule has 19 heteroatoms. The van der Waals surface area contributed by atoms with Crippen molar-refractivity contribution in [2.45, 2.75) is 16.4 Å². The van der Waals surface area contributed by atoms with Gasteiger partial charge in [-0.25, -0.2) is 16.8 Å². The van der Waals surface area contributed by atoms with E-state index < -0.39 is 36.5 Å². The molecule has 0 aliphatic carbocycles. The first-order chi connectivity index (χ1) is 15.1. The molecule has 0 aromatic heterocycles. The molecule has 0 spiro atoms. The number of likely N-dealkylation sites (N-methyl/N-ethyl adjacent to an activating group) is 3. The zero-order chi connectivity index (χ0) is 27.8. The van der Waals surface area contributed by atoms with E-state index in [1.807, 2.05) is 0 Å². The molecule has 1 rings (SSSR count). The fourth-order valence-corrected chi connectivity index (χ4v) is 5.10. The number of nitrogens with one attached hydrogen (secondary N) is 1. The minimum atomic E-state index is -6.57. The van der Waals surface area contributed by atoms with Gasteiger partial charge in [-0.05, 0) is 42.3 Å². The van der Waals surface area contributed by atoms with Gasteiger partial charge in [0.15, 0.2) is 0 Å². The van der Waals surface area contributed by atoms with Crippen LogP contribution in [-0.4, -0.2) is 134 Å². The van der Waals surface area contributed by atoms with Crippen LogP contribution in [0.25, 0.3) is 0 Å². The summed E-state index contributed by atoms with van der Waals surface area (Å²) in [6.45, 7) is 6.90. The topological polar surface area (TPSA) is 93.3 Å². The fraction of sp³-hybridized carbons (Fsp3) is 1.00. The fourth-order valence-electron chi connectivity index (χ4n) is 2.12.